The number of alkyl halides is 3. The van der Waals surface area contributed by atoms with Gasteiger partial charge in [0.1, 0.15) is 0 Å². The molecule has 142 valence electrons. The Morgan fingerprint density at radius 1 is 1.07 bits per heavy atom. The smallest absolute Gasteiger partial charge is 0.349 e. The van der Waals surface area contributed by atoms with E-state index in [9.17, 15) is 22.8 Å². The third kappa shape index (κ3) is 4.67. The lowest BCUT2D eigenvalue weighted by Gasteiger charge is -2.20. The maximum absolute atomic E-state index is 13.1. The van der Waals surface area contributed by atoms with Crippen LogP contribution < -0.4 is 5.32 Å². The van der Waals surface area contributed by atoms with Crippen molar-refractivity contribution in [3.63, 3.8) is 0 Å². The molecule has 7 heteroatoms. The third-order valence-electron chi connectivity index (χ3n) is 4.36. The second-order valence-electron chi connectivity index (χ2n) is 6.65. The minimum Gasteiger partial charge on any atom is -0.349 e. The average Bonchev–Trinajstić information content (AvgIpc) is 3.45. The summed E-state index contributed by atoms with van der Waals surface area (Å²) in [4.78, 5) is 25.7. The van der Waals surface area contributed by atoms with E-state index in [-0.39, 0.29) is 24.1 Å². The molecule has 2 aromatic carbocycles. The summed E-state index contributed by atoms with van der Waals surface area (Å²) in [6, 6.07) is 11.7. The predicted octanol–water partition coefficient (Wildman–Crippen LogP) is 3.87. The maximum atomic E-state index is 13.1. The number of halogens is 3. The third-order valence-corrected chi connectivity index (χ3v) is 4.36. The van der Waals surface area contributed by atoms with E-state index in [0.29, 0.717) is 5.56 Å². The Bertz CT molecular complexity index is 843. The number of nitrogens with zero attached hydrogens (tertiary/aromatic N) is 1. The van der Waals surface area contributed by atoms with Gasteiger partial charge in [0.2, 0.25) is 0 Å². The molecule has 1 aliphatic rings. The molecule has 0 bridgehead atoms. The standard InChI is InChI=1S/C20H19F3N2O2/c1-25(19(27)16-4-2-3-5-17(16)20(21,22)23)12-13-6-8-14(9-7-13)18(26)24-15-10-11-15/h2-9,15H,10-12H2,1H3,(H,24,26). The molecular formula is C20H19F3N2O2. The zero-order valence-electron chi connectivity index (χ0n) is 14.7. The van der Waals surface area contributed by atoms with Crippen molar-refractivity contribution >= 4 is 11.8 Å². The van der Waals surface area contributed by atoms with E-state index >= 15 is 0 Å². The number of benzene rings is 2. The molecule has 1 aliphatic carbocycles. The van der Waals surface area contributed by atoms with Crippen LogP contribution in [0, 0.1) is 0 Å². The molecule has 0 radical (unpaired) electrons. The maximum Gasteiger partial charge on any atom is 0.417 e. The van der Waals surface area contributed by atoms with Gasteiger partial charge in [-0.05, 0) is 42.7 Å². The van der Waals surface area contributed by atoms with Crippen LogP contribution in [0.15, 0.2) is 48.5 Å². The molecule has 0 aromatic heterocycles. The van der Waals surface area contributed by atoms with Gasteiger partial charge in [-0.3, -0.25) is 9.59 Å². The average molecular weight is 376 g/mol. The van der Waals surface area contributed by atoms with Crippen LogP contribution in [0.25, 0.3) is 0 Å². The molecule has 1 N–H and O–H groups in total. The molecule has 1 saturated carbocycles. The molecular weight excluding hydrogens is 357 g/mol. The molecule has 2 amide bonds. The largest absolute Gasteiger partial charge is 0.417 e. The van der Waals surface area contributed by atoms with E-state index in [2.05, 4.69) is 5.32 Å². The number of rotatable bonds is 5. The fourth-order valence-corrected chi connectivity index (χ4v) is 2.73. The van der Waals surface area contributed by atoms with Crippen molar-refractivity contribution < 1.29 is 22.8 Å². The Kier molecular flexibility index (Phi) is 5.21. The number of hydrogen-bond acceptors (Lipinski definition) is 2. The first kappa shape index (κ1) is 18.9. The molecule has 0 atom stereocenters. The quantitative estimate of drug-likeness (QED) is 0.861. The summed E-state index contributed by atoms with van der Waals surface area (Å²) in [5.41, 5.74) is -0.0952. The molecule has 0 unspecified atom stereocenters. The zero-order chi connectivity index (χ0) is 19.6. The molecule has 0 aliphatic heterocycles. The normalized spacial score (nSPS) is 13.9. The lowest BCUT2D eigenvalue weighted by molar-refractivity contribution is -0.138. The van der Waals surface area contributed by atoms with Crippen LogP contribution in [0.5, 0.6) is 0 Å². The van der Waals surface area contributed by atoms with Crippen molar-refractivity contribution in [2.75, 3.05) is 7.05 Å². The SMILES string of the molecule is CN(Cc1ccc(C(=O)NC2CC2)cc1)C(=O)c1ccccc1C(F)(F)F. The first-order valence-electron chi connectivity index (χ1n) is 8.57. The number of carbonyl (C=O) groups is 2. The van der Waals surface area contributed by atoms with E-state index < -0.39 is 17.6 Å². The van der Waals surface area contributed by atoms with Gasteiger partial charge in [-0.1, -0.05) is 24.3 Å². The summed E-state index contributed by atoms with van der Waals surface area (Å²) in [6.45, 7) is 0.134. The van der Waals surface area contributed by atoms with Crippen molar-refractivity contribution in [1.82, 2.24) is 10.2 Å². The predicted molar refractivity (Wildman–Crippen MR) is 94.2 cm³/mol. The van der Waals surface area contributed by atoms with Gasteiger partial charge in [0.25, 0.3) is 11.8 Å². The van der Waals surface area contributed by atoms with Crippen LogP contribution in [0.1, 0.15) is 44.7 Å². The summed E-state index contributed by atoms with van der Waals surface area (Å²) in [5, 5.41) is 2.88. The van der Waals surface area contributed by atoms with E-state index in [0.717, 1.165) is 24.5 Å². The van der Waals surface area contributed by atoms with Crippen LogP contribution in [-0.2, 0) is 12.7 Å². The number of nitrogens with one attached hydrogen (secondary N) is 1. The van der Waals surface area contributed by atoms with Crippen molar-refractivity contribution in [3.8, 4) is 0 Å². The lowest BCUT2D eigenvalue weighted by Crippen LogP contribution is -2.28. The summed E-state index contributed by atoms with van der Waals surface area (Å²) in [5.74, 6) is -0.855. The Morgan fingerprint density at radius 2 is 1.70 bits per heavy atom. The molecule has 27 heavy (non-hydrogen) atoms. The first-order valence-corrected chi connectivity index (χ1v) is 8.57. The zero-order valence-corrected chi connectivity index (χ0v) is 14.7. The van der Waals surface area contributed by atoms with Gasteiger partial charge >= 0.3 is 6.18 Å². The van der Waals surface area contributed by atoms with Gasteiger partial charge in [0, 0.05) is 25.2 Å². The Hall–Kier alpha value is -2.83. The molecule has 4 nitrogen and oxygen atoms in total. The Morgan fingerprint density at radius 3 is 2.30 bits per heavy atom. The van der Waals surface area contributed by atoms with Crippen LogP contribution in [-0.4, -0.2) is 29.8 Å². The van der Waals surface area contributed by atoms with Crippen LogP contribution >= 0.6 is 0 Å². The Labute approximate surface area is 155 Å². The number of hydrogen-bond donors (Lipinski definition) is 1. The monoisotopic (exact) mass is 376 g/mol. The van der Waals surface area contributed by atoms with Crippen molar-refractivity contribution in [1.29, 1.82) is 0 Å². The van der Waals surface area contributed by atoms with E-state index in [1.54, 1.807) is 24.3 Å². The number of amides is 2. The molecule has 0 spiro atoms. The topological polar surface area (TPSA) is 49.4 Å². The molecule has 2 aromatic rings. The summed E-state index contributed by atoms with van der Waals surface area (Å²) >= 11 is 0. The van der Waals surface area contributed by atoms with E-state index in [4.69, 9.17) is 0 Å². The minimum absolute atomic E-state index is 0.134. The fourth-order valence-electron chi connectivity index (χ4n) is 2.73. The van der Waals surface area contributed by atoms with E-state index in [1.807, 2.05) is 0 Å². The van der Waals surface area contributed by atoms with Gasteiger partial charge in [-0.2, -0.15) is 13.2 Å². The Balaban J connectivity index is 1.69. The fraction of sp³-hybridized carbons (Fsp3) is 0.300. The van der Waals surface area contributed by atoms with Crippen LogP contribution in [0.4, 0.5) is 13.2 Å². The summed E-state index contributed by atoms with van der Waals surface area (Å²) in [7, 11) is 1.45. The second kappa shape index (κ2) is 7.42. The highest BCUT2D eigenvalue weighted by molar-refractivity contribution is 5.96. The highest BCUT2D eigenvalue weighted by atomic mass is 19.4. The molecule has 0 saturated heterocycles. The highest BCUT2D eigenvalue weighted by Crippen LogP contribution is 2.32. The second-order valence-corrected chi connectivity index (χ2v) is 6.65. The van der Waals surface area contributed by atoms with Gasteiger partial charge in [0.05, 0.1) is 11.1 Å². The van der Waals surface area contributed by atoms with Crippen molar-refractivity contribution in [2.45, 2.75) is 31.6 Å². The van der Waals surface area contributed by atoms with Crippen molar-refractivity contribution in [3.05, 3.63) is 70.8 Å². The minimum atomic E-state index is -4.59. The van der Waals surface area contributed by atoms with Gasteiger partial charge in [-0.15, -0.1) is 0 Å². The van der Waals surface area contributed by atoms with Gasteiger partial charge < -0.3 is 10.2 Å². The molecule has 1 fully saturated rings. The van der Waals surface area contributed by atoms with Gasteiger partial charge in [0.15, 0.2) is 0 Å². The molecule has 0 heterocycles. The summed E-state index contributed by atoms with van der Waals surface area (Å²) in [6.07, 6.45) is -2.60. The number of carbonyl (C=O) groups excluding carboxylic acids is 2. The lowest BCUT2D eigenvalue weighted by atomic mass is 10.1. The first-order chi connectivity index (χ1) is 12.8. The van der Waals surface area contributed by atoms with Crippen LogP contribution in [0.3, 0.4) is 0 Å². The summed E-state index contributed by atoms with van der Waals surface area (Å²) < 4.78 is 39.3. The van der Waals surface area contributed by atoms with Crippen LogP contribution in [0.2, 0.25) is 0 Å². The molecule has 3 rings (SSSR count). The van der Waals surface area contributed by atoms with Crippen molar-refractivity contribution in [2.24, 2.45) is 0 Å². The van der Waals surface area contributed by atoms with E-state index in [1.165, 1.54) is 30.1 Å². The van der Waals surface area contributed by atoms with Gasteiger partial charge in [-0.25, -0.2) is 0 Å². The highest BCUT2D eigenvalue weighted by Gasteiger charge is 2.35.